The first-order valence-electron chi connectivity index (χ1n) is 43.2. The molecule has 0 bridgehead atoms. The molecule has 8 aliphatic rings. The number of Topliss-reactive ketones (excluding diaryl/α,β-unsaturated/α-hetero) is 4. The number of nitrogens with one attached hydrogen (secondary N) is 4. The third-order valence-corrected chi connectivity index (χ3v) is 20.9. The van der Waals surface area contributed by atoms with Gasteiger partial charge in [0.15, 0.2) is 15.8 Å². The number of aliphatic imine (C=N–C) groups is 4. The third-order valence-electron chi connectivity index (χ3n) is 17.3. The van der Waals surface area contributed by atoms with E-state index in [1.165, 1.54) is 123 Å². The number of amidine groups is 2. The fourth-order valence-electron chi connectivity index (χ4n) is 10.3. The number of rotatable bonds is 24. The van der Waals surface area contributed by atoms with E-state index in [0.29, 0.717) is 90.7 Å². The number of methoxy groups -OCH3 is 3. The number of piperidine rings is 2. The van der Waals surface area contributed by atoms with Crippen LogP contribution >= 0.6 is 0 Å². The van der Waals surface area contributed by atoms with Gasteiger partial charge in [0.05, 0.1) is 74.3 Å². The summed E-state index contributed by atoms with van der Waals surface area (Å²) in [6.07, 6.45) is 22.7. The second-order valence-electron chi connectivity index (χ2n) is 29.5. The van der Waals surface area contributed by atoms with Crippen LogP contribution in [0.5, 0.6) is 0 Å². The number of hydrogen-bond donors (Lipinski definition) is 6. The molecule has 6 saturated heterocycles. The summed E-state index contributed by atoms with van der Waals surface area (Å²) in [5.74, 6) is 3.96. The number of carbonyl (C=O) groups is 10. The summed E-state index contributed by atoms with van der Waals surface area (Å²) >= 11 is 0. The van der Waals surface area contributed by atoms with Crippen LogP contribution in [0.15, 0.2) is 20.0 Å². The molecule has 0 spiro atoms. The second-order valence-corrected chi connectivity index (χ2v) is 36.3. The van der Waals surface area contributed by atoms with E-state index in [2.05, 4.69) is 71.6 Å². The Bertz CT molecular complexity index is 2990. The Morgan fingerprint density at radius 2 is 0.886 bits per heavy atom. The van der Waals surface area contributed by atoms with E-state index in [-0.39, 0.29) is 88.3 Å². The normalized spacial score (nSPS) is 16.0. The average molecular weight is 1820 g/mol. The smallest absolute Gasteiger partial charge is 0.219 e. The van der Waals surface area contributed by atoms with E-state index >= 15 is 0 Å². The van der Waals surface area contributed by atoms with Crippen LogP contribution in [-0.4, -0.2) is 360 Å². The summed E-state index contributed by atoms with van der Waals surface area (Å²) in [6.45, 7) is 46.2. The summed E-state index contributed by atoms with van der Waals surface area (Å²) in [5.41, 5.74) is 11.2. The molecule has 8 rings (SSSR count). The number of carbonyl (C=O) groups excluding carboxylic acids is 10. The van der Waals surface area contributed by atoms with E-state index in [0.717, 1.165) is 136 Å². The lowest BCUT2D eigenvalue weighted by atomic mass is 10.1. The number of ketones is 4. The number of hydrogen-bond acceptors (Lipinski definition) is 27. The molecule has 8 N–H and O–H groups in total. The van der Waals surface area contributed by atoms with Gasteiger partial charge in [-0.3, -0.25) is 53.6 Å². The highest BCUT2D eigenvalue weighted by molar-refractivity contribution is 7.91. The van der Waals surface area contributed by atoms with E-state index < -0.39 is 29.5 Å². The molecule has 0 radical (unpaired) electrons. The molecule has 0 aromatic rings. The average Bonchev–Trinajstić information content (AvgIpc) is 1.02. The Kier molecular flexibility index (Phi) is 92.8. The van der Waals surface area contributed by atoms with Gasteiger partial charge in [0.1, 0.15) is 42.8 Å². The van der Waals surface area contributed by atoms with E-state index in [9.17, 15) is 73.2 Å². The van der Waals surface area contributed by atoms with Crippen molar-refractivity contribution in [2.75, 3.05) is 228 Å². The topological polar surface area (TPSA) is 485 Å². The number of nitrogens with two attached hydrogens (primary N) is 2. The molecule has 8 aliphatic heterocycles. The maximum Gasteiger partial charge on any atom is 0.219 e. The maximum absolute atomic E-state index is 10.9. The first kappa shape index (κ1) is 129. The Balaban J connectivity index is -0.000000235. The lowest BCUT2D eigenvalue weighted by molar-refractivity contribution is -0.133. The lowest BCUT2D eigenvalue weighted by Crippen LogP contribution is -2.42. The molecule has 724 valence electrons. The highest BCUT2D eigenvalue weighted by atomic mass is 32.2. The quantitative estimate of drug-likeness (QED) is 0.0370. The zero-order valence-electron chi connectivity index (χ0n) is 79.6. The van der Waals surface area contributed by atoms with E-state index in [1.54, 1.807) is 72.7 Å². The second kappa shape index (κ2) is 88.4. The number of nitrogens with zero attached hydrogens (tertiary/aromatic N) is 9. The van der Waals surface area contributed by atoms with Crippen molar-refractivity contribution in [1.29, 1.82) is 0 Å². The van der Waals surface area contributed by atoms with Crippen molar-refractivity contribution in [2.24, 2.45) is 31.4 Å². The van der Waals surface area contributed by atoms with Gasteiger partial charge < -0.3 is 95.2 Å². The molecule has 0 aromatic heterocycles. The largest absolute Gasteiger partial charge is 0.385 e. The molecule has 39 heteroatoms. The summed E-state index contributed by atoms with van der Waals surface area (Å²) in [6, 6.07) is 0. The molecule has 36 nitrogen and oxygen atoms in total. The van der Waals surface area contributed by atoms with Crippen molar-refractivity contribution in [3.63, 3.8) is 0 Å². The van der Waals surface area contributed by atoms with Crippen molar-refractivity contribution in [3.8, 4) is 0 Å². The van der Waals surface area contributed by atoms with Crippen LogP contribution in [0.25, 0.3) is 0 Å². The number of ether oxygens (including phenoxy) is 5. The first-order valence-corrected chi connectivity index (χ1v) is 49.1. The fraction of sp³-hybridized carbons (Fsp3) is 0.833. The molecule has 123 heavy (non-hydrogen) atoms. The number of sulfone groups is 3. The highest BCUT2D eigenvalue weighted by Crippen LogP contribution is 2.10. The van der Waals surface area contributed by atoms with Crippen molar-refractivity contribution in [2.45, 2.75) is 232 Å². The molecule has 0 aromatic carbocycles. The first-order chi connectivity index (χ1) is 57.8. The molecular weight excluding hydrogens is 1650 g/mol. The Morgan fingerprint density at radius 3 is 1.14 bits per heavy atom. The van der Waals surface area contributed by atoms with Gasteiger partial charge in [0, 0.05) is 238 Å². The standard InChI is InChI=1S/2C7H13NO.C7H14O.C6H11NO3S.C6H11NO2.C6H13NO.C6H12O3S.2C6H12O2.C5H10N2.C5H11NO3S.C5H11NO2.C5H9N.C4H8N2.C3H9N3/c2*1-7(9)8-5-3-2-4-6-8;1-3-4-5-6-7(2)8;1-6(8)7-2-4-11(9,10)5-3-7;1-6(8)7-2-4-9-5-3-7;1-2-7-3-5-8-6-4-7;1-6(7)4-3-5-10(2,8)9;2*1-6(7)4-3-5-8-2;1-6-5-3-2-4-7-5;1-5(7)6-3-4-10(2,8)9;1-5(7)6-3-4-8-2;1-5-3-2-4-6-5;1-4-5-2-3-6-4;1-2-6-3(4)5/h2*2-6H2,1H3;3-6H2,1-2H3;2-5H2,1H3;2-5H2,1H3;2-6H2,1H3;3-5H2,1-2H3;2*3-5H2,1-2H3;2-4H2,1H3,(H,6,7);3-4H2,1-2H3,(H,6,7);3-4H2,1-2H3,(H,6,7);2-4H2,1H3;2-3H2,1H3,(H,5,6);2H2,1H3,(H4,4,5,6). The Morgan fingerprint density at radius 1 is 0.480 bits per heavy atom. The highest BCUT2D eigenvalue weighted by Gasteiger charge is 2.23. The molecular formula is C84H169N15O21S3. The van der Waals surface area contributed by atoms with E-state index in [1.807, 2.05) is 30.7 Å². The predicted octanol–water partition coefficient (Wildman–Crippen LogP) is 5.93. The fourth-order valence-corrected chi connectivity index (χ4v) is 12.6. The summed E-state index contributed by atoms with van der Waals surface area (Å²) in [4.78, 5) is 130. The van der Waals surface area contributed by atoms with Crippen LogP contribution in [0, 0.1) is 0 Å². The molecule has 0 aliphatic carbocycles. The van der Waals surface area contributed by atoms with Crippen molar-refractivity contribution in [3.05, 3.63) is 0 Å². The molecule has 8 heterocycles. The molecule has 6 amide bonds. The van der Waals surface area contributed by atoms with Crippen LogP contribution in [0.2, 0.25) is 0 Å². The van der Waals surface area contributed by atoms with E-state index in [4.69, 9.17) is 30.4 Å². The Hall–Kier alpha value is -7.01. The number of amides is 6. The zero-order chi connectivity index (χ0) is 95.3. The molecule has 0 saturated carbocycles. The van der Waals surface area contributed by atoms with Crippen LogP contribution in [0.3, 0.4) is 0 Å². The van der Waals surface area contributed by atoms with Crippen LogP contribution in [0.1, 0.15) is 232 Å². The minimum absolute atomic E-state index is 0.00653. The van der Waals surface area contributed by atoms with Crippen LogP contribution in [-0.2, 0) is 101 Å². The third kappa shape index (κ3) is 111. The molecule has 0 unspecified atom stereocenters. The van der Waals surface area contributed by atoms with Gasteiger partial charge in [-0.15, -0.1) is 0 Å². The van der Waals surface area contributed by atoms with Gasteiger partial charge in [-0.25, -0.2) is 25.3 Å². The summed E-state index contributed by atoms with van der Waals surface area (Å²) < 4.78 is 88.1. The van der Waals surface area contributed by atoms with Gasteiger partial charge in [-0.2, -0.15) is 0 Å². The number of likely N-dealkylation sites (N-methyl/N-ethyl adjacent to an activating group) is 1. The monoisotopic (exact) mass is 1820 g/mol. The van der Waals surface area contributed by atoms with Gasteiger partial charge in [0.25, 0.3) is 0 Å². The minimum Gasteiger partial charge on any atom is -0.385 e. The van der Waals surface area contributed by atoms with Crippen LogP contribution in [0.4, 0.5) is 0 Å². The summed E-state index contributed by atoms with van der Waals surface area (Å²) in [7, 11) is -1.95. The van der Waals surface area contributed by atoms with Crippen LogP contribution < -0.4 is 32.7 Å². The zero-order valence-corrected chi connectivity index (χ0v) is 82.1. The number of unbranched alkanes of at least 4 members (excludes halogenated alkanes) is 2. The number of morpholine rings is 2. The minimum atomic E-state index is -2.93. The van der Waals surface area contributed by atoms with Crippen molar-refractivity contribution >= 4 is 111 Å². The Labute approximate surface area is 741 Å². The number of guanidine groups is 1. The predicted molar refractivity (Wildman–Crippen MR) is 496 cm³/mol. The van der Waals surface area contributed by atoms with Crippen molar-refractivity contribution in [1.82, 2.24) is 45.8 Å². The number of likely N-dealkylation sites (tertiary alicyclic amines) is 2. The van der Waals surface area contributed by atoms with Gasteiger partial charge in [-0.05, 0) is 138 Å². The summed E-state index contributed by atoms with van der Waals surface area (Å²) in [5, 5.41) is 11.2. The van der Waals surface area contributed by atoms with Gasteiger partial charge in [-0.1, -0.05) is 26.7 Å². The van der Waals surface area contributed by atoms with Gasteiger partial charge in [0.2, 0.25) is 35.4 Å². The maximum atomic E-state index is 10.9. The molecule has 0 atom stereocenters. The SMILES string of the molecule is CC(=O)CCCS(C)(=O)=O.CC(=O)N1CCCCC1.CC(=O)N1CCCCC1.CC(=O)N1CCOCC1.CC(=O)N1CCS(=O)(=O)CC1.CC(=O)NCCS(C)(=O)=O.CC1=NCCC1.CC1=NCCN1.CCCCCC(C)=O.CCN1CCOCC1.CCN=C(N)N.CN=C1CCCN1.COCCCC(C)=O.COCCCC(C)=O.COCCNC(C)=O. The van der Waals surface area contributed by atoms with Crippen molar-refractivity contribution < 1.29 is 96.9 Å². The molecule has 6 fully saturated rings. The lowest BCUT2D eigenvalue weighted by Gasteiger charge is -2.25. The van der Waals surface area contributed by atoms with Gasteiger partial charge >= 0.3 is 0 Å².